The molecule has 1 fully saturated rings. The van der Waals surface area contributed by atoms with Gasteiger partial charge < -0.3 is 10.0 Å². The summed E-state index contributed by atoms with van der Waals surface area (Å²) >= 11 is 0. The third-order valence-electron chi connectivity index (χ3n) is 5.05. The van der Waals surface area contributed by atoms with Gasteiger partial charge in [0.1, 0.15) is 11.4 Å². The molecule has 2 heterocycles. The molecule has 0 bridgehead atoms. The van der Waals surface area contributed by atoms with Crippen LogP contribution in [0.15, 0.2) is 35.4 Å². The summed E-state index contributed by atoms with van der Waals surface area (Å²) in [7, 11) is -3.84. The number of carboxylic acids is 1. The van der Waals surface area contributed by atoms with E-state index >= 15 is 0 Å². The Balaban J connectivity index is 1.90. The quantitative estimate of drug-likeness (QED) is 0.793. The molecule has 2 aromatic rings. The molecule has 0 aliphatic carbocycles. The van der Waals surface area contributed by atoms with E-state index in [9.17, 15) is 18.3 Å². The Kier molecular flexibility index (Phi) is 5.60. The molecule has 1 aliphatic rings. The van der Waals surface area contributed by atoms with Gasteiger partial charge in [0, 0.05) is 13.1 Å². The smallest absolute Gasteiger partial charge is 0.339 e. The van der Waals surface area contributed by atoms with Crippen molar-refractivity contribution in [2.24, 2.45) is 5.92 Å². The summed E-state index contributed by atoms with van der Waals surface area (Å²) in [5.41, 5.74) is 1.71. The Bertz CT molecular complexity index is 997. The van der Waals surface area contributed by atoms with Crippen LogP contribution in [0.25, 0.3) is 0 Å². The summed E-state index contributed by atoms with van der Waals surface area (Å²) in [5, 5.41) is 9.62. The summed E-state index contributed by atoms with van der Waals surface area (Å²) in [6, 6.07) is 6.39. The number of carboxylic acid groups (broad SMARTS) is 1. The summed E-state index contributed by atoms with van der Waals surface area (Å²) < 4.78 is 27.9. The summed E-state index contributed by atoms with van der Waals surface area (Å²) in [6.07, 6.45) is 3.32. The van der Waals surface area contributed by atoms with Crippen molar-refractivity contribution in [1.82, 2.24) is 4.98 Å². The highest BCUT2D eigenvalue weighted by Crippen LogP contribution is 2.27. The maximum Gasteiger partial charge on any atom is 0.339 e. The van der Waals surface area contributed by atoms with Gasteiger partial charge in [-0.2, -0.15) is 0 Å². The average Bonchev–Trinajstić information content (AvgIpc) is 2.61. The molecular weight excluding hydrogens is 378 g/mol. The van der Waals surface area contributed by atoms with Gasteiger partial charge in [0.2, 0.25) is 0 Å². The molecule has 0 spiro atoms. The van der Waals surface area contributed by atoms with E-state index in [-0.39, 0.29) is 16.1 Å². The van der Waals surface area contributed by atoms with Gasteiger partial charge in [0.25, 0.3) is 10.0 Å². The Labute approximate surface area is 165 Å². The Morgan fingerprint density at radius 2 is 1.89 bits per heavy atom. The van der Waals surface area contributed by atoms with Gasteiger partial charge >= 0.3 is 5.97 Å². The fraction of sp³-hybridized carbons (Fsp3) is 0.400. The Morgan fingerprint density at radius 1 is 1.21 bits per heavy atom. The number of hydrogen-bond acceptors (Lipinski definition) is 5. The molecular formula is C20H25N3O4S. The first-order valence-electron chi connectivity index (χ1n) is 9.26. The van der Waals surface area contributed by atoms with Crippen LogP contribution in [0, 0.1) is 19.8 Å². The van der Waals surface area contributed by atoms with Crippen molar-refractivity contribution >= 4 is 27.5 Å². The molecule has 150 valence electrons. The van der Waals surface area contributed by atoms with E-state index in [1.54, 1.807) is 25.1 Å². The maximum absolute atomic E-state index is 12.7. The zero-order valence-electron chi connectivity index (χ0n) is 16.3. The highest BCUT2D eigenvalue weighted by molar-refractivity contribution is 7.92. The van der Waals surface area contributed by atoms with Crippen LogP contribution >= 0.6 is 0 Å². The number of benzene rings is 1. The van der Waals surface area contributed by atoms with Crippen molar-refractivity contribution in [3.8, 4) is 0 Å². The number of nitrogens with one attached hydrogen (secondary N) is 1. The molecule has 3 rings (SSSR count). The van der Waals surface area contributed by atoms with Crippen molar-refractivity contribution in [3.05, 3.63) is 47.2 Å². The molecule has 1 saturated heterocycles. The normalized spacial score (nSPS) is 15.5. The first-order valence-corrected chi connectivity index (χ1v) is 10.7. The fourth-order valence-electron chi connectivity index (χ4n) is 3.45. The number of carbonyl (C=O) groups is 1. The van der Waals surface area contributed by atoms with Crippen LogP contribution in [0.2, 0.25) is 0 Å². The number of aromatic nitrogens is 1. The first kappa shape index (κ1) is 20.1. The van der Waals surface area contributed by atoms with Crippen LogP contribution in [0.3, 0.4) is 0 Å². The molecule has 1 aliphatic heterocycles. The number of piperidine rings is 1. The molecule has 28 heavy (non-hydrogen) atoms. The molecule has 2 N–H and O–H groups in total. The molecule has 0 atom stereocenters. The fourth-order valence-corrected chi connectivity index (χ4v) is 4.72. The first-order chi connectivity index (χ1) is 13.2. The van der Waals surface area contributed by atoms with Gasteiger partial charge in [-0.1, -0.05) is 24.6 Å². The van der Waals surface area contributed by atoms with Crippen LogP contribution in [0.1, 0.15) is 41.3 Å². The number of pyridine rings is 1. The molecule has 0 unspecified atom stereocenters. The topological polar surface area (TPSA) is 99.6 Å². The average molecular weight is 404 g/mol. The van der Waals surface area contributed by atoms with Crippen LogP contribution < -0.4 is 9.62 Å². The molecule has 1 aromatic heterocycles. The van der Waals surface area contributed by atoms with E-state index in [4.69, 9.17) is 0 Å². The number of anilines is 2. The molecule has 8 heteroatoms. The lowest BCUT2D eigenvalue weighted by Crippen LogP contribution is -2.34. The zero-order chi connectivity index (χ0) is 20.5. The van der Waals surface area contributed by atoms with Crippen LogP contribution in [-0.4, -0.2) is 37.6 Å². The number of hydrogen-bond donors (Lipinski definition) is 2. The van der Waals surface area contributed by atoms with E-state index in [2.05, 4.69) is 16.6 Å². The Morgan fingerprint density at radius 3 is 2.50 bits per heavy atom. The zero-order valence-corrected chi connectivity index (χ0v) is 17.1. The van der Waals surface area contributed by atoms with E-state index in [1.807, 2.05) is 11.8 Å². The van der Waals surface area contributed by atoms with Gasteiger partial charge in [-0.15, -0.1) is 0 Å². The Hall–Kier alpha value is -2.61. The van der Waals surface area contributed by atoms with Gasteiger partial charge in [-0.05, 0) is 50.3 Å². The second-order valence-corrected chi connectivity index (χ2v) is 9.10. The lowest BCUT2D eigenvalue weighted by Gasteiger charge is -2.32. The lowest BCUT2D eigenvalue weighted by molar-refractivity contribution is 0.0697. The number of sulfonamides is 1. The van der Waals surface area contributed by atoms with Crippen LogP contribution in [0.5, 0.6) is 0 Å². The van der Waals surface area contributed by atoms with Crippen molar-refractivity contribution in [3.63, 3.8) is 0 Å². The van der Waals surface area contributed by atoms with E-state index < -0.39 is 16.0 Å². The van der Waals surface area contributed by atoms with Gasteiger partial charge in [0.05, 0.1) is 16.8 Å². The molecule has 0 amide bonds. The van der Waals surface area contributed by atoms with Crippen molar-refractivity contribution in [2.75, 3.05) is 22.7 Å². The predicted octanol–water partition coefficient (Wildman–Crippen LogP) is 3.43. The van der Waals surface area contributed by atoms with Gasteiger partial charge in [0.15, 0.2) is 0 Å². The maximum atomic E-state index is 12.7. The summed E-state index contributed by atoms with van der Waals surface area (Å²) in [5.74, 6) is -0.143. The highest BCUT2D eigenvalue weighted by Gasteiger charge is 2.24. The molecule has 7 nitrogen and oxygen atoms in total. The second kappa shape index (κ2) is 7.79. The van der Waals surface area contributed by atoms with Gasteiger partial charge in [-0.3, -0.25) is 4.72 Å². The van der Waals surface area contributed by atoms with Gasteiger partial charge in [-0.25, -0.2) is 18.2 Å². The summed E-state index contributed by atoms with van der Waals surface area (Å²) in [6.45, 7) is 7.26. The number of rotatable bonds is 5. The largest absolute Gasteiger partial charge is 0.478 e. The highest BCUT2D eigenvalue weighted by atomic mass is 32.2. The van der Waals surface area contributed by atoms with E-state index in [0.29, 0.717) is 17.3 Å². The predicted molar refractivity (Wildman–Crippen MR) is 109 cm³/mol. The molecule has 0 saturated carbocycles. The number of aryl methyl sites for hydroxylation is 2. The van der Waals surface area contributed by atoms with E-state index in [1.165, 1.54) is 12.3 Å². The molecule has 0 radical (unpaired) electrons. The van der Waals surface area contributed by atoms with Crippen molar-refractivity contribution in [2.45, 2.75) is 38.5 Å². The monoisotopic (exact) mass is 403 g/mol. The SMILES string of the molecule is Cc1ccc(S(=O)(=O)Nc2cnc(N3CCC(C)CC3)c(C(=O)O)c2)c(C)c1. The number of aromatic carboxylic acids is 1. The minimum Gasteiger partial charge on any atom is -0.478 e. The van der Waals surface area contributed by atoms with Crippen molar-refractivity contribution in [1.29, 1.82) is 0 Å². The third-order valence-corrected chi connectivity index (χ3v) is 6.59. The summed E-state index contributed by atoms with van der Waals surface area (Å²) in [4.78, 5) is 18.2. The molecule has 1 aromatic carbocycles. The third kappa shape index (κ3) is 4.27. The van der Waals surface area contributed by atoms with Crippen molar-refractivity contribution < 1.29 is 18.3 Å². The second-order valence-electron chi connectivity index (χ2n) is 7.44. The number of nitrogens with zero attached hydrogens (tertiary/aromatic N) is 2. The minimum atomic E-state index is -3.84. The van der Waals surface area contributed by atoms with E-state index in [0.717, 1.165) is 31.5 Å². The minimum absolute atomic E-state index is 0.00428. The van der Waals surface area contributed by atoms with Crippen LogP contribution in [-0.2, 0) is 10.0 Å². The lowest BCUT2D eigenvalue weighted by atomic mass is 9.99. The van der Waals surface area contributed by atoms with Crippen LogP contribution in [0.4, 0.5) is 11.5 Å². The standard InChI is InChI=1S/C20H25N3O4S/c1-13-6-8-23(9-7-13)19-17(20(24)25)11-16(12-21-19)22-28(26,27)18-5-4-14(2)10-15(18)3/h4-5,10-13,22H,6-9H2,1-3H3,(H,24,25).